The zero-order valence-electron chi connectivity index (χ0n) is 6.09. The lowest BCUT2D eigenvalue weighted by Gasteiger charge is -1.93. The smallest absolute Gasteiger partial charge is 0.0275 e. The van der Waals surface area contributed by atoms with Gasteiger partial charge in [0.05, 0.1) is 0 Å². The molecule has 0 saturated heterocycles. The molecule has 0 saturated carbocycles. The van der Waals surface area contributed by atoms with Gasteiger partial charge in [-0.3, -0.25) is 0 Å². The van der Waals surface area contributed by atoms with Crippen molar-refractivity contribution in [1.29, 1.82) is 0 Å². The summed E-state index contributed by atoms with van der Waals surface area (Å²) in [5.74, 6) is 2.58. The van der Waals surface area contributed by atoms with Crippen molar-refractivity contribution in [3.63, 3.8) is 0 Å². The van der Waals surface area contributed by atoms with Gasteiger partial charge in [0.15, 0.2) is 0 Å². The summed E-state index contributed by atoms with van der Waals surface area (Å²) in [5.41, 5.74) is 2.56. The van der Waals surface area contributed by atoms with Gasteiger partial charge in [0.2, 0.25) is 0 Å². The van der Waals surface area contributed by atoms with Crippen LogP contribution in [0.5, 0.6) is 0 Å². The van der Waals surface area contributed by atoms with Gasteiger partial charge >= 0.3 is 0 Å². The molecule has 0 aromatic carbocycles. The molecule has 0 radical (unpaired) electrons. The molecule has 0 bridgehead atoms. The molecule has 1 aliphatic rings. The largest absolute Gasteiger partial charge is 0.120 e. The molecule has 1 aliphatic carbocycles. The quantitative estimate of drug-likeness (QED) is 0.478. The van der Waals surface area contributed by atoms with Gasteiger partial charge in [0, 0.05) is 6.42 Å². The van der Waals surface area contributed by atoms with E-state index >= 15 is 0 Å². The molecule has 0 aliphatic heterocycles. The third-order valence-electron chi connectivity index (χ3n) is 1.52. The average Bonchev–Trinajstić information content (AvgIpc) is 2.31. The lowest BCUT2D eigenvalue weighted by Crippen LogP contribution is -1.74. The van der Waals surface area contributed by atoms with Gasteiger partial charge in [-0.1, -0.05) is 24.3 Å². The zero-order valence-corrected chi connectivity index (χ0v) is 6.09. The maximum Gasteiger partial charge on any atom is 0.0275 e. The Balaban J connectivity index is 2.68. The third kappa shape index (κ3) is 1.39. The molecule has 0 heteroatoms. The second-order valence-electron chi connectivity index (χ2n) is 2.28. The lowest BCUT2D eigenvalue weighted by molar-refractivity contribution is 1.38. The van der Waals surface area contributed by atoms with E-state index in [1.807, 2.05) is 6.08 Å². The Kier molecular flexibility index (Phi) is 2.12. The number of hydrogen-bond donors (Lipinski definition) is 0. The molecule has 0 aromatic rings. The second-order valence-corrected chi connectivity index (χ2v) is 2.28. The predicted octanol–water partition coefficient (Wildman–Crippen LogP) is 2.45. The molecule has 0 aromatic heterocycles. The Bertz CT molecular complexity index is 244. The van der Waals surface area contributed by atoms with Gasteiger partial charge in [-0.05, 0) is 18.1 Å². The summed E-state index contributed by atoms with van der Waals surface area (Å²) in [5, 5.41) is 0. The molecular weight excluding hydrogens is 120 g/mol. The van der Waals surface area contributed by atoms with Crippen LogP contribution in [0.3, 0.4) is 0 Å². The molecule has 0 fully saturated rings. The monoisotopic (exact) mass is 130 g/mol. The van der Waals surface area contributed by atoms with Crippen LogP contribution in [0.15, 0.2) is 35.5 Å². The van der Waals surface area contributed by atoms with E-state index in [1.54, 1.807) is 0 Å². The van der Waals surface area contributed by atoms with Crippen molar-refractivity contribution in [2.75, 3.05) is 0 Å². The van der Waals surface area contributed by atoms with Crippen molar-refractivity contribution in [3.8, 4) is 12.3 Å². The fourth-order valence-electron chi connectivity index (χ4n) is 0.922. The zero-order chi connectivity index (χ0) is 7.40. The summed E-state index contributed by atoms with van der Waals surface area (Å²) in [6.07, 6.45) is 14.1. The molecular formula is C10H10. The Hall–Kier alpha value is -1.22. The van der Waals surface area contributed by atoms with Gasteiger partial charge in [0.1, 0.15) is 0 Å². The number of allylic oxidation sites excluding steroid dienone is 6. The summed E-state index contributed by atoms with van der Waals surface area (Å²) in [7, 11) is 0. The Labute approximate surface area is 61.9 Å². The topological polar surface area (TPSA) is 0 Å². The molecule has 50 valence electrons. The first-order valence-electron chi connectivity index (χ1n) is 3.33. The minimum absolute atomic E-state index is 0.727. The van der Waals surface area contributed by atoms with Crippen LogP contribution < -0.4 is 0 Å². The van der Waals surface area contributed by atoms with Crippen molar-refractivity contribution in [2.24, 2.45) is 0 Å². The van der Waals surface area contributed by atoms with Crippen LogP contribution in [-0.4, -0.2) is 0 Å². The van der Waals surface area contributed by atoms with Crippen LogP contribution in [0.1, 0.15) is 13.3 Å². The van der Waals surface area contributed by atoms with Crippen LogP contribution in [0.25, 0.3) is 0 Å². The average molecular weight is 130 g/mol. The maximum atomic E-state index is 5.11. The van der Waals surface area contributed by atoms with E-state index in [0.717, 1.165) is 6.42 Å². The van der Waals surface area contributed by atoms with Gasteiger partial charge in [0.25, 0.3) is 0 Å². The van der Waals surface area contributed by atoms with E-state index in [0.29, 0.717) is 0 Å². The predicted molar refractivity (Wildman–Crippen MR) is 44.4 cm³/mol. The highest BCUT2D eigenvalue weighted by atomic mass is 14.0. The van der Waals surface area contributed by atoms with E-state index < -0.39 is 0 Å². The molecule has 0 atom stereocenters. The molecule has 0 unspecified atom stereocenters. The van der Waals surface area contributed by atoms with Crippen molar-refractivity contribution >= 4 is 0 Å². The minimum Gasteiger partial charge on any atom is -0.120 e. The van der Waals surface area contributed by atoms with Crippen molar-refractivity contribution in [2.45, 2.75) is 13.3 Å². The van der Waals surface area contributed by atoms with Crippen molar-refractivity contribution < 1.29 is 0 Å². The highest BCUT2D eigenvalue weighted by Gasteiger charge is 1.97. The molecule has 1 rings (SSSR count). The fourth-order valence-corrected chi connectivity index (χ4v) is 0.922. The highest BCUT2D eigenvalue weighted by Crippen LogP contribution is 2.17. The summed E-state index contributed by atoms with van der Waals surface area (Å²) in [4.78, 5) is 0. The Morgan fingerprint density at radius 3 is 3.00 bits per heavy atom. The van der Waals surface area contributed by atoms with E-state index in [4.69, 9.17) is 6.42 Å². The SMILES string of the molecule is C#CCC=C1C=CC=C1C. The standard InChI is InChI=1S/C10H10/c1-3-4-7-10-8-5-6-9(10)2/h1,5-8H,4H2,2H3. The van der Waals surface area contributed by atoms with Crippen LogP contribution in [0, 0.1) is 12.3 Å². The van der Waals surface area contributed by atoms with E-state index in [2.05, 4.69) is 31.1 Å². The molecule has 0 N–H and O–H groups in total. The normalized spacial score (nSPS) is 19.2. The van der Waals surface area contributed by atoms with Crippen molar-refractivity contribution in [3.05, 3.63) is 35.5 Å². The molecule has 0 nitrogen and oxygen atoms in total. The summed E-state index contributed by atoms with van der Waals surface area (Å²) in [6.45, 7) is 2.09. The van der Waals surface area contributed by atoms with Crippen LogP contribution in [0.4, 0.5) is 0 Å². The van der Waals surface area contributed by atoms with Crippen molar-refractivity contribution in [1.82, 2.24) is 0 Å². The van der Waals surface area contributed by atoms with Gasteiger partial charge in [-0.15, -0.1) is 12.3 Å². The summed E-state index contributed by atoms with van der Waals surface area (Å²) in [6, 6.07) is 0. The first-order valence-corrected chi connectivity index (χ1v) is 3.33. The second kappa shape index (κ2) is 3.08. The van der Waals surface area contributed by atoms with E-state index in [9.17, 15) is 0 Å². The van der Waals surface area contributed by atoms with Gasteiger partial charge < -0.3 is 0 Å². The Morgan fingerprint density at radius 1 is 1.70 bits per heavy atom. The Morgan fingerprint density at radius 2 is 2.50 bits per heavy atom. The fraction of sp³-hybridized carbons (Fsp3) is 0.200. The van der Waals surface area contributed by atoms with E-state index in [1.165, 1.54) is 11.1 Å². The highest BCUT2D eigenvalue weighted by molar-refractivity contribution is 5.47. The molecule has 0 spiro atoms. The van der Waals surface area contributed by atoms with Crippen LogP contribution in [-0.2, 0) is 0 Å². The summed E-state index contributed by atoms with van der Waals surface area (Å²) >= 11 is 0. The number of rotatable bonds is 1. The maximum absolute atomic E-state index is 5.11. The molecule has 10 heavy (non-hydrogen) atoms. The molecule has 0 heterocycles. The number of terminal acetylenes is 1. The first-order chi connectivity index (χ1) is 4.84. The van der Waals surface area contributed by atoms with Crippen LogP contribution >= 0.6 is 0 Å². The third-order valence-corrected chi connectivity index (χ3v) is 1.52. The van der Waals surface area contributed by atoms with Gasteiger partial charge in [-0.25, -0.2) is 0 Å². The minimum atomic E-state index is 0.727. The lowest BCUT2D eigenvalue weighted by atomic mass is 10.1. The van der Waals surface area contributed by atoms with Crippen LogP contribution in [0.2, 0.25) is 0 Å². The molecule has 0 amide bonds. The number of hydrogen-bond acceptors (Lipinski definition) is 0. The van der Waals surface area contributed by atoms with E-state index in [-0.39, 0.29) is 0 Å². The summed E-state index contributed by atoms with van der Waals surface area (Å²) < 4.78 is 0. The van der Waals surface area contributed by atoms with Gasteiger partial charge in [-0.2, -0.15) is 0 Å². The first kappa shape index (κ1) is 6.89.